The maximum atomic E-state index is 10.3. The van der Waals surface area contributed by atoms with E-state index < -0.39 is 0 Å². The Morgan fingerprint density at radius 1 is 1.69 bits per heavy atom. The van der Waals surface area contributed by atoms with Crippen LogP contribution in [-0.2, 0) is 9.53 Å². The second-order valence-electron chi connectivity index (χ2n) is 2.24. The topological polar surface area (TPSA) is 46.5 Å². The molecule has 0 aliphatic rings. The second-order valence-corrected chi connectivity index (χ2v) is 2.24. The molecule has 0 radical (unpaired) electrons. The predicted octanol–water partition coefficient (Wildman–Crippen LogP) is 0.658. The zero-order valence-corrected chi connectivity index (χ0v) is 7.54. The summed E-state index contributed by atoms with van der Waals surface area (Å²) in [6, 6.07) is 0. The molecule has 0 aliphatic heterocycles. The Bertz CT molecular complexity index is 266. The lowest BCUT2D eigenvalue weighted by atomic mass is 10.3. The number of carbonyl (C=O) groups excluding carboxylic acids is 1. The van der Waals surface area contributed by atoms with Gasteiger partial charge in [0.25, 0.3) is 0 Å². The van der Waals surface area contributed by atoms with Crippen molar-refractivity contribution in [2.45, 2.75) is 6.92 Å². The molecule has 0 aliphatic carbocycles. The third-order valence-electron chi connectivity index (χ3n) is 1.02. The van der Waals surface area contributed by atoms with Gasteiger partial charge in [0.1, 0.15) is 6.61 Å². The Balaban J connectivity index is 3.66. The zero-order chi connectivity index (χ0) is 10.1. The summed E-state index contributed by atoms with van der Waals surface area (Å²) in [7, 11) is 0. The number of aliphatic hydroxyl groups excluding tert-OH is 1. The van der Waals surface area contributed by atoms with Crippen molar-refractivity contribution in [2.24, 2.45) is 0 Å². The van der Waals surface area contributed by atoms with Gasteiger partial charge in [-0.05, 0) is 12.2 Å². The van der Waals surface area contributed by atoms with E-state index in [9.17, 15) is 4.79 Å². The first-order chi connectivity index (χ1) is 6.16. The van der Waals surface area contributed by atoms with Crippen molar-refractivity contribution in [3.8, 4) is 11.8 Å². The van der Waals surface area contributed by atoms with Gasteiger partial charge in [0.15, 0.2) is 0 Å². The Hall–Kier alpha value is -1.53. The zero-order valence-electron chi connectivity index (χ0n) is 7.54. The lowest BCUT2D eigenvalue weighted by Gasteiger charge is -1.92. The number of hydrogen-bond acceptors (Lipinski definition) is 3. The Kier molecular flexibility index (Phi) is 6.30. The van der Waals surface area contributed by atoms with E-state index in [1.807, 2.05) is 0 Å². The minimum absolute atomic E-state index is 0.134. The van der Waals surface area contributed by atoms with Crippen LogP contribution in [0.3, 0.4) is 0 Å². The molecule has 0 aromatic rings. The van der Waals surface area contributed by atoms with Gasteiger partial charge in [-0.1, -0.05) is 18.4 Å². The van der Waals surface area contributed by atoms with E-state index in [1.165, 1.54) is 6.92 Å². The first-order valence-electron chi connectivity index (χ1n) is 3.75. The van der Waals surface area contributed by atoms with Crippen LogP contribution in [0.1, 0.15) is 6.92 Å². The molecule has 13 heavy (non-hydrogen) atoms. The number of aliphatic hydroxyl groups is 1. The van der Waals surface area contributed by atoms with Gasteiger partial charge < -0.3 is 9.84 Å². The average Bonchev–Trinajstić information content (AvgIpc) is 2.10. The fourth-order valence-corrected chi connectivity index (χ4v) is 0.456. The standard InChI is InChI=1S/C10H12O3/c1-9(8-11)6-4-3-5-7-13-10(2)12/h3,5,11H,1,7-8H2,2H3/b5-3-. The lowest BCUT2D eigenvalue weighted by Crippen LogP contribution is -1.96. The van der Waals surface area contributed by atoms with Gasteiger partial charge in [0.05, 0.1) is 6.61 Å². The number of allylic oxidation sites excluding steroid dienone is 1. The largest absolute Gasteiger partial charge is 0.462 e. The molecular weight excluding hydrogens is 168 g/mol. The maximum Gasteiger partial charge on any atom is 0.302 e. The van der Waals surface area contributed by atoms with Crippen molar-refractivity contribution >= 4 is 5.97 Å². The molecule has 0 amide bonds. The molecular formula is C10H12O3. The van der Waals surface area contributed by atoms with Crippen LogP contribution in [0.2, 0.25) is 0 Å². The van der Waals surface area contributed by atoms with E-state index >= 15 is 0 Å². The van der Waals surface area contributed by atoms with Crippen LogP contribution in [0.15, 0.2) is 24.3 Å². The molecule has 0 saturated carbocycles. The van der Waals surface area contributed by atoms with Gasteiger partial charge in [-0.25, -0.2) is 0 Å². The van der Waals surface area contributed by atoms with Gasteiger partial charge in [0, 0.05) is 12.5 Å². The number of ether oxygens (including phenoxy) is 1. The lowest BCUT2D eigenvalue weighted by molar-refractivity contribution is -0.139. The van der Waals surface area contributed by atoms with Gasteiger partial charge in [-0.15, -0.1) is 0 Å². The molecule has 0 rings (SSSR count). The van der Waals surface area contributed by atoms with Crippen LogP contribution in [0.4, 0.5) is 0 Å². The van der Waals surface area contributed by atoms with E-state index in [4.69, 9.17) is 5.11 Å². The molecule has 1 N–H and O–H groups in total. The fraction of sp³-hybridized carbons (Fsp3) is 0.300. The van der Waals surface area contributed by atoms with Crippen LogP contribution in [0.25, 0.3) is 0 Å². The van der Waals surface area contributed by atoms with Gasteiger partial charge in [-0.2, -0.15) is 0 Å². The summed E-state index contributed by atoms with van der Waals surface area (Å²) in [5, 5.41) is 8.51. The minimum Gasteiger partial charge on any atom is -0.462 e. The quantitative estimate of drug-likeness (QED) is 0.512. The first kappa shape index (κ1) is 11.5. The van der Waals surface area contributed by atoms with Gasteiger partial charge in [0.2, 0.25) is 0 Å². The molecule has 70 valence electrons. The van der Waals surface area contributed by atoms with Crippen molar-refractivity contribution in [2.75, 3.05) is 13.2 Å². The van der Waals surface area contributed by atoms with Gasteiger partial charge in [-0.3, -0.25) is 4.79 Å². The molecule has 0 heterocycles. The number of esters is 1. The fourth-order valence-electron chi connectivity index (χ4n) is 0.456. The molecule has 0 aromatic heterocycles. The summed E-state index contributed by atoms with van der Waals surface area (Å²) in [6.07, 6.45) is 3.16. The van der Waals surface area contributed by atoms with Crippen molar-refractivity contribution in [1.82, 2.24) is 0 Å². The molecule has 0 fully saturated rings. The van der Waals surface area contributed by atoms with Crippen molar-refractivity contribution in [3.63, 3.8) is 0 Å². The van der Waals surface area contributed by atoms with Crippen LogP contribution in [0.5, 0.6) is 0 Å². The van der Waals surface area contributed by atoms with Crippen molar-refractivity contribution < 1.29 is 14.6 Å². The van der Waals surface area contributed by atoms with Crippen LogP contribution in [0, 0.1) is 11.8 Å². The smallest absolute Gasteiger partial charge is 0.302 e. The average molecular weight is 180 g/mol. The third kappa shape index (κ3) is 8.38. The molecule has 0 spiro atoms. The van der Waals surface area contributed by atoms with E-state index in [1.54, 1.807) is 12.2 Å². The maximum absolute atomic E-state index is 10.3. The highest BCUT2D eigenvalue weighted by molar-refractivity contribution is 5.66. The SMILES string of the molecule is C=C(C#C/C=C\COC(C)=O)CO. The third-order valence-corrected chi connectivity index (χ3v) is 1.02. The number of hydrogen-bond donors (Lipinski definition) is 1. The van der Waals surface area contributed by atoms with Gasteiger partial charge >= 0.3 is 5.97 Å². The summed E-state index contributed by atoms with van der Waals surface area (Å²) >= 11 is 0. The number of rotatable bonds is 3. The minimum atomic E-state index is -0.322. The van der Waals surface area contributed by atoms with E-state index in [-0.39, 0.29) is 19.2 Å². The van der Waals surface area contributed by atoms with E-state index in [2.05, 4.69) is 23.2 Å². The summed E-state index contributed by atoms with van der Waals surface area (Å²) in [5.41, 5.74) is 0.456. The van der Waals surface area contributed by atoms with E-state index in [0.717, 1.165) is 0 Å². The molecule has 3 heteroatoms. The predicted molar refractivity (Wildman–Crippen MR) is 49.8 cm³/mol. The molecule has 0 saturated heterocycles. The summed E-state index contributed by atoms with van der Waals surface area (Å²) in [6.45, 7) is 4.90. The van der Waals surface area contributed by atoms with Crippen molar-refractivity contribution in [3.05, 3.63) is 24.3 Å². The van der Waals surface area contributed by atoms with E-state index in [0.29, 0.717) is 5.57 Å². The van der Waals surface area contributed by atoms with Crippen LogP contribution in [-0.4, -0.2) is 24.3 Å². The molecule has 0 atom stereocenters. The second kappa shape index (κ2) is 7.14. The Morgan fingerprint density at radius 2 is 2.38 bits per heavy atom. The monoisotopic (exact) mass is 180 g/mol. The Labute approximate surface area is 77.7 Å². The first-order valence-corrected chi connectivity index (χ1v) is 3.75. The normalized spacial score (nSPS) is 9.08. The summed E-state index contributed by atoms with van der Waals surface area (Å²) < 4.78 is 4.61. The Morgan fingerprint density at radius 3 is 2.92 bits per heavy atom. The molecule has 3 nitrogen and oxygen atoms in total. The van der Waals surface area contributed by atoms with Crippen LogP contribution >= 0.6 is 0 Å². The summed E-state index contributed by atoms with van der Waals surface area (Å²) in [5.74, 6) is 4.91. The summed E-state index contributed by atoms with van der Waals surface area (Å²) in [4.78, 5) is 10.3. The number of carbonyl (C=O) groups is 1. The van der Waals surface area contributed by atoms with Crippen LogP contribution < -0.4 is 0 Å². The highest BCUT2D eigenvalue weighted by atomic mass is 16.5. The molecule has 0 bridgehead atoms. The molecule has 0 aromatic carbocycles. The van der Waals surface area contributed by atoms with Crippen molar-refractivity contribution in [1.29, 1.82) is 0 Å². The molecule has 0 unspecified atom stereocenters. The highest BCUT2D eigenvalue weighted by Gasteiger charge is 1.85. The highest BCUT2D eigenvalue weighted by Crippen LogP contribution is 1.82.